The average molecular weight is 190 g/mol. The molecule has 2 nitrogen and oxygen atoms in total. The van der Waals surface area contributed by atoms with E-state index in [1.165, 1.54) is 17.2 Å². The van der Waals surface area contributed by atoms with Gasteiger partial charge < -0.3 is 4.74 Å². The van der Waals surface area contributed by atoms with Crippen molar-refractivity contribution in [3.05, 3.63) is 48.0 Å². The van der Waals surface area contributed by atoms with E-state index in [1.807, 2.05) is 31.2 Å². The van der Waals surface area contributed by atoms with Crippen molar-refractivity contribution in [1.82, 2.24) is 0 Å². The Labute approximate surface area is 84.2 Å². The van der Waals surface area contributed by atoms with Crippen LogP contribution in [0.3, 0.4) is 0 Å². The summed E-state index contributed by atoms with van der Waals surface area (Å²) in [5.41, 5.74) is 2.41. The van der Waals surface area contributed by atoms with E-state index in [4.69, 9.17) is 4.74 Å². The minimum absolute atomic E-state index is 0.364. The highest BCUT2D eigenvalue weighted by atomic mass is 16.5. The molecule has 0 amide bonds. The second-order valence-corrected chi connectivity index (χ2v) is 3.11. The van der Waals surface area contributed by atoms with Crippen LogP contribution in [0.25, 0.3) is 0 Å². The van der Waals surface area contributed by atoms with E-state index in [2.05, 4.69) is 6.58 Å². The van der Waals surface area contributed by atoms with Gasteiger partial charge in [-0.3, -0.25) is 0 Å². The Morgan fingerprint density at radius 2 is 2.07 bits per heavy atom. The third-order valence-corrected chi connectivity index (χ3v) is 1.92. The summed E-state index contributed by atoms with van der Waals surface area (Å²) in [4.78, 5) is 10.7. The molecule has 74 valence electrons. The highest BCUT2D eigenvalue weighted by Crippen LogP contribution is 2.03. The van der Waals surface area contributed by atoms with Gasteiger partial charge in [0.05, 0.1) is 6.61 Å². The molecule has 0 saturated heterocycles. The lowest BCUT2D eigenvalue weighted by molar-refractivity contribution is -0.137. The standard InChI is InChI=1S/C12H14O2/c1-3-12(13)14-9-8-11-6-4-10(2)5-7-11/h3-7H,1,8-9H2,2H3. The normalized spacial score (nSPS) is 9.50. The van der Waals surface area contributed by atoms with Gasteiger partial charge in [-0.05, 0) is 12.5 Å². The Balaban J connectivity index is 2.35. The lowest BCUT2D eigenvalue weighted by Gasteiger charge is -2.02. The first-order valence-electron chi connectivity index (χ1n) is 4.57. The Kier molecular flexibility index (Phi) is 3.92. The maximum Gasteiger partial charge on any atom is 0.330 e. The van der Waals surface area contributed by atoms with Gasteiger partial charge in [0.2, 0.25) is 0 Å². The maximum atomic E-state index is 10.7. The fourth-order valence-corrected chi connectivity index (χ4v) is 1.08. The Bertz CT molecular complexity index is 312. The van der Waals surface area contributed by atoms with Gasteiger partial charge in [-0.2, -0.15) is 0 Å². The van der Waals surface area contributed by atoms with E-state index in [-0.39, 0.29) is 5.97 Å². The average Bonchev–Trinajstić information content (AvgIpc) is 2.21. The van der Waals surface area contributed by atoms with Crippen LogP contribution in [0.2, 0.25) is 0 Å². The molecule has 0 fully saturated rings. The fraction of sp³-hybridized carbons (Fsp3) is 0.250. The summed E-state index contributed by atoms with van der Waals surface area (Å²) >= 11 is 0. The maximum absolute atomic E-state index is 10.7. The monoisotopic (exact) mass is 190 g/mol. The van der Waals surface area contributed by atoms with Crippen molar-refractivity contribution in [1.29, 1.82) is 0 Å². The van der Waals surface area contributed by atoms with Gasteiger partial charge in [-0.1, -0.05) is 36.4 Å². The topological polar surface area (TPSA) is 26.3 Å². The fourth-order valence-electron chi connectivity index (χ4n) is 1.08. The summed E-state index contributed by atoms with van der Waals surface area (Å²) in [5.74, 6) is -0.364. The molecule has 2 heteroatoms. The van der Waals surface area contributed by atoms with Crippen molar-refractivity contribution < 1.29 is 9.53 Å². The molecule has 0 heterocycles. The van der Waals surface area contributed by atoms with E-state index in [1.54, 1.807) is 0 Å². The van der Waals surface area contributed by atoms with E-state index >= 15 is 0 Å². The SMILES string of the molecule is C=CC(=O)OCCc1ccc(C)cc1. The van der Waals surface area contributed by atoms with E-state index in [9.17, 15) is 4.79 Å². The van der Waals surface area contributed by atoms with Crippen LogP contribution in [0.5, 0.6) is 0 Å². The number of esters is 1. The highest BCUT2D eigenvalue weighted by molar-refractivity contribution is 5.81. The third kappa shape index (κ3) is 3.44. The molecule has 0 bridgehead atoms. The van der Waals surface area contributed by atoms with Crippen LogP contribution in [0.4, 0.5) is 0 Å². The second-order valence-electron chi connectivity index (χ2n) is 3.11. The molecular formula is C12H14O2. The van der Waals surface area contributed by atoms with Gasteiger partial charge in [0.15, 0.2) is 0 Å². The number of rotatable bonds is 4. The molecule has 1 aromatic rings. The summed E-state index contributed by atoms with van der Waals surface area (Å²) in [7, 11) is 0. The van der Waals surface area contributed by atoms with Crippen molar-refractivity contribution in [3.8, 4) is 0 Å². The van der Waals surface area contributed by atoms with E-state index in [0.29, 0.717) is 6.61 Å². The smallest absolute Gasteiger partial charge is 0.330 e. The molecule has 0 radical (unpaired) electrons. The van der Waals surface area contributed by atoms with Crippen molar-refractivity contribution in [2.24, 2.45) is 0 Å². The Hall–Kier alpha value is -1.57. The number of hydrogen-bond donors (Lipinski definition) is 0. The van der Waals surface area contributed by atoms with Gasteiger partial charge in [-0.15, -0.1) is 0 Å². The number of benzene rings is 1. The molecule has 1 rings (SSSR count). The highest BCUT2D eigenvalue weighted by Gasteiger charge is 1.96. The number of ether oxygens (including phenoxy) is 1. The van der Waals surface area contributed by atoms with Crippen molar-refractivity contribution in [2.75, 3.05) is 6.61 Å². The summed E-state index contributed by atoms with van der Waals surface area (Å²) in [6.45, 7) is 5.78. The Morgan fingerprint density at radius 1 is 1.43 bits per heavy atom. The molecule has 14 heavy (non-hydrogen) atoms. The number of carbonyl (C=O) groups excluding carboxylic acids is 1. The van der Waals surface area contributed by atoms with Crippen LogP contribution in [0.15, 0.2) is 36.9 Å². The third-order valence-electron chi connectivity index (χ3n) is 1.92. The van der Waals surface area contributed by atoms with Gasteiger partial charge >= 0.3 is 5.97 Å². The molecule has 0 aliphatic rings. The summed E-state index contributed by atoms with van der Waals surface area (Å²) < 4.78 is 4.87. The van der Waals surface area contributed by atoms with Crippen LogP contribution < -0.4 is 0 Å². The molecule has 0 saturated carbocycles. The predicted molar refractivity (Wildman–Crippen MR) is 56.0 cm³/mol. The van der Waals surface area contributed by atoms with E-state index in [0.717, 1.165) is 6.42 Å². The largest absolute Gasteiger partial charge is 0.462 e. The van der Waals surface area contributed by atoms with Crippen LogP contribution in [0.1, 0.15) is 11.1 Å². The molecule has 0 aliphatic carbocycles. The van der Waals surface area contributed by atoms with Gasteiger partial charge in [-0.25, -0.2) is 4.79 Å². The number of aryl methyl sites for hydroxylation is 1. The van der Waals surface area contributed by atoms with Crippen molar-refractivity contribution in [2.45, 2.75) is 13.3 Å². The minimum atomic E-state index is -0.364. The van der Waals surface area contributed by atoms with Gasteiger partial charge in [0.25, 0.3) is 0 Å². The van der Waals surface area contributed by atoms with Crippen molar-refractivity contribution >= 4 is 5.97 Å². The van der Waals surface area contributed by atoms with Crippen LogP contribution in [-0.4, -0.2) is 12.6 Å². The van der Waals surface area contributed by atoms with Crippen molar-refractivity contribution in [3.63, 3.8) is 0 Å². The molecule has 0 atom stereocenters. The molecule has 0 N–H and O–H groups in total. The summed E-state index contributed by atoms with van der Waals surface area (Å²) in [6.07, 6.45) is 1.93. The van der Waals surface area contributed by atoms with Crippen LogP contribution in [0, 0.1) is 6.92 Å². The summed E-state index contributed by atoms with van der Waals surface area (Å²) in [5, 5.41) is 0. The quantitative estimate of drug-likeness (QED) is 0.537. The first-order valence-corrected chi connectivity index (χ1v) is 4.57. The first kappa shape index (κ1) is 10.5. The van der Waals surface area contributed by atoms with E-state index < -0.39 is 0 Å². The molecule has 1 aromatic carbocycles. The molecule has 0 aromatic heterocycles. The van der Waals surface area contributed by atoms with Crippen LogP contribution >= 0.6 is 0 Å². The second kappa shape index (κ2) is 5.22. The minimum Gasteiger partial charge on any atom is -0.462 e. The lowest BCUT2D eigenvalue weighted by atomic mass is 10.1. The predicted octanol–water partition coefficient (Wildman–Crippen LogP) is 2.27. The zero-order valence-electron chi connectivity index (χ0n) is 8.32. The summed E-state index contributed by atoms with van der Waals surface area (Å²) in [6, 6.07) is 8.17. The number of hydrogen-bond acceptors (Lipinski definition) is 2. The van der Waals surface area contributed by atoms with Gasteiger partial charge in [0, 0.05) is 12.5 Å². The lowest BCUT2D eigenvalue weighted by Crippen LogP contribution is -2.04. The van der Waals surface area contributed by atoms with Gasteiger partial charge in [0.1, 0.15) is 0 Å². The van der Waals surface area contributed by atoms with Crippen LogP contribution in [-0.2, 0) is 16.0 Å². The molecule has 0 aliphatic heterocycles. The molecule has 0 unspecified atom stereocenters. The Morgan fingerprint density at radius 3 is 2.64 bits per heavy atom. The first-order chi connectivity index (χ1) is 6.72. The zero-order valence-corrected chi connectivity index (χ0v) is 8.32. The molecular weight excluding hydrogens is 176 g/mol. The molecule has 0 spiro atoms. The number of carbonyl (C=O) groups is 1. The zero-order chi connectivity index (χ0) is 10.4.